The molecule has 0 aromatic heterocycles. The largest absolute Gasteiger partial charge is 0.545 e. The van der Waals surface area contributed by atoms with Crippen LogP contribution in [0.5, 0.6) is 0 Å². The number of hydrogen-bond acceptors (Lipinski definition) is 4. The van der Waals surface area contributed by atoms with Gasteiger partial charge in [0.25, 0.3) is 0 Å². The highest BCUT2D eigenvalue weighted by Gasteiger charge is 2.03. The van der Waals surface area contributed by atoms with Gasteiger partial charge in [0.1, 0.15) is 0 Å². The molecule has 3 aromatic carbocycles. The van der Waals surface area contributed by atoms with Crippen LogP contribution in [0.4, 0.5) is 5.69 Å². The standard InChI is InChI=1S/C22H17NO3/c24-21(14-15-23-20-12-10-19(11-13-20)22(25)26)18-8-6-17(7-9-18)16-4-2-1-3-5-16/h1-15,23H,(H,25,26)/p-1/b15-14+. The summed E-state index contributed by atoms with van der Waals surface area (Å²) in [6.07, 6.45) is 2.96. The number of allylic oxidation sites excluding steroid dienone is 1. The normalized spacial score (nSPS) is 10.6. The highest BCUT2D eigenvalue weighted by molar-refractivity contribution is 6.04. The van der Waals surface area contributed by atoms with Crippen molar-refractivity contribution in [3.8, 4) is 11.1 Å². The molecule has 4 nitrogen and oxygen atoms in total. The molecule has 0 aliphatic carbocycles. The van der Waals surface area contributed by atoms with Crippen LogP contribution in [-0.2, 0) is 0 Å². The second-order valence-corrected chi connectivity index (χ2v) is 5.65. The number of carbonyl (C=O) groups is 2. The van der Waals surface area contributed by atoms with Gasteiger partial charge in [0.05, 0.1) is 5.97 Å². The van der Waals surface area contributed by atoms with Gasteiger partial charge in [0, 0.05) is 23.5 Å². The van der Waals surface area contributed by atoms with Crippen LogP contribution in [0.2, 0.25) is 0 Å². The first-order chi connectivity index (χ1) is 12.6. The van der Waals surface area contributed by atoms with Crippen LogP contribution < -0.4 is 10.4 Å². The van der Waals surface area contributed by atoms with Crippen LogP contribution in [0.15, 0.2) is 91.1 Å². The first kappa shape index (κ1) is 17.2. The summed E-state index contributed by atoms with van der Waals surface area (Å²) in [6.45, 7) is 0. The molecule has 0 spiro atoms. The van der Waals surface area contributed by atoms with E-state index in [1.807, 2.05) is 42.5 Å². The van der Waals surface area contributed by atoms with Gasteiger partial charge in [0.15, 0.2) is 5.78 Å². The highest BCUT2D eigenvalue weighted by atomic mass is 16.4. The molecular weight excluding hydrogens is 326 g/mol. The second-order valence-electron chi connectivity index (χ2n) is 5.65. The number of nitrogens with one attached hydrogen (secondary N) is 1. The fourth-order valence-electron chi connectivity index (χ4n) is 2.47. The summed E-state index contributed by atoms with van der Waals surface area (Å²) in [7, 11) is 0. The number of anilines is 1. The first-order valence-corrected chi connectivity index (χ1v) is 8.08. The molecule has 0 radical (unpaired) electrons. The van der Waals surface area contributed by atoms with E-state index in [0.29, 0.717) is 11.3 Å². The number of ketones is 1. The number of aromatic carboxylic acids is 1. The number of rotatable bonds is 6. The second kappa shape index (κ2) is 7.94. The number of carboxylic acid groups (broad SMARTS) is 1. The molecular formula is C22H16NO3-. The average Bonchev–Trinajstić information content (AvgIpc) is 2.69. The molecule has 0 saturated heterocycles. The molecule has 0 unspecified atom stereocenters. The number of hydrogen-bond donors (Lipinski definition) is 1. The summed E-state index contributed by atoms with van der Waals surface area (Å²) in [5.41, 5.74) is 3.53. The Hall–Kier alpha value is -3.66. The zero-order valence-electron chi connectivity index (χ0n) is 13.9. The van der Waals surface area contributed by atoms with E-state index in [1.165, 1.54) is 24.4 Å². The third-order valence-corrected chi connectivity index (χ3v) is 3.88. The van der Waals surface area contributed by atoms with Crippen LogP contribution in [0.3, 0.4) is 0 Å². The van der Waals surface area contributed by atoms with Gasteiger partial charge in [0.2, 0.25) is 0 Å². The van der Waals surface area contributed by atoms with E-state index in [0.717, 1.165) is 11.1 Å². The molecule has 0 saturated carbocycles. The molecule has 0 fully saturated rings. The maximum absolute atomic E-state index is 12.2. The lowest BCUT2D eigenvalue weighted by Gasteiger charge is -2.04. The van der Waals surface area contributed by atoms with Gasteiger partial charge in [-0.1, -0.05) is 66.7 Å². The predicted octanol–water partition coefficient (Wildman–Crippen LogP) is 3.53. The molecule has 1 N–H and O–H groups in total. The van der Waals surface area contributed by atoms with E-state index in [2.05, 4.69) is 5.32 Å². The van der Waals surface area contributed by atoms with E-state index in [-0.39, 0.29) is 11.3 Å². The number of carbonyl (C=O) groups excluding carboxylic acids is 2. The van der Waals surface area contributed by atoms with Gasteiger partial charge in [-0.3, -0.25) is 4.79 Å². The average molecular weight is 342 g/mol. The lowest BCUT2D eigenvalue weighted by Crippen LogP contribution is -2.21. The Balaban J connectivity index is 1.62. The summed E-state index contributed by atoms with van der Waals surface area (Å²) in [5.74, 6) is -1.34. The molecule has 0 amide bonds. The summed E-state index contributed by atoms with van der Waals surface area (Å²) >= 11 is 0. The van der Waals surface area contributed by atoms with E-state index in [4.69, 9.17) is 0 Å². The fraction of sp³-hybridized carbons (Fsp3) is 0. The van der Waals surface area contributed by atoms with Gasteiger partial charge in [-0.05, 0) is 28.8 Å². The molecule has 0 aliphatic rings. The Morgan fingerprint density at radius 1 is 0.731 bits per heavy atom. The lowest BCUT2D eigenvalue weighted by molar-refractivity contribution is -0.255. The van der Waals surface area contributed by atoms with E-state index >= 15 is 0 Å². The molecule has 3 rings (SSSR count). The smallest absolute Gasteiger partial charge is 0.187 e. The Labute approximate surface area is 151 Å². The summed E-state index contributed by atoms with van der Waals surface area (Å²) in [4.78, 5) is 22.9. The van der Waals surface area contributed by atoms with Crippen molar-refractivity contribution >= 4 is 17.4 Å². The SMILES string of the molecule is O=C([O-])c1ccc(N/C=C/C(=O)c2ccc(-c3ccccc3)cc2)cc1. The van der Waals surface area contributed by atoms with E-state index in [1.54, 1.807) is 24.3 Å². The fourth-order valence-corrected chi connectivity index (χ4v) is 2.47. The van der Waals surface area contributed by atoms with Gasteiger partial charge >= 0.3 is 0 Å². The summed E-state index contributed by atoms with van der Waals surface area (Å²) in [6, 6.07) is 23.5. The lowest BCUT2D eigenvalue weighted by atomic mass is 10.0. The number of carboxylic acids is 1. The summed E-state index contributed by atoms with van der Waals surface area (Å²) < 4.78 is 0. The minimum Gasteiger partial charge on any atom is -0.545 e. The minimum absolute atomic E-state index is 0.106. The Morgan fingerprint density at radius 3 is 1.92 bits per heavy atom. The van der Waals surface area contributed by atoms with Crippen molar-refractivity contribution in [3.05, 3.63) is 102 Å². The van der Waals surface area contributed by atoms with E-state index < -0.39 is 5.97 Å². The van der Waals surface area contributed by atoms with Crippen molar-refractivity contribution < 1.29 is 14.7 Å². The molecule has 0 bridgehead atoms. The molecule has 0 heterocycles. The van der Waals surface area contributed by atoms with Crippen molar-refractivity contribution in [3.63, 3.8) is 0 Å². The van der Waals surface area contributed by atoms with Crippen molar-refractivity contribution in [1.82, 2.24) is 0 Å². The van der Waals surface area contributed by atoms with Crippen molar-refractivity contribution in [2.75, 3.05) is 5.32 Å². The van der Waals surface area contributed by atoms with Gasteiger partial charge in [-0.25, -0.2) is 0 Å². The summed E-state index contributed by atoms with van der Waals surface area (Å²) in [5, 5.41) is 13.6. The molecule has 3 aromatic rings. The zero-order valence-corrected chi connectivity index (χ0v) is 13.9. The Kier molecular flexibility index (Phi) is 5.25. The maximum atomic E-state index is 12.2. The molecule has 0 aliphatic heterocycles. The highest BCUT2D eigenvalue weighted by Crippen LogP contribution is 2.19. The van der Waals surface area contributed by atoms with Crippen LogP contribution in [0, 0.1) is 0 Å². The molecule has 26 heavy (non-hydrogen) atoms. The van der Waals surface area contributed by atoms with Gasteiger partial charge < -0.3 is 15.2 Å². The maximum Gasteiger partial charge on any atom is 0.187 e. The zero-order chi connectivity index (χ0) is 18.4. The Morgan fingerprint density at radius 2 is 1.31 bits per heavy atom. The molecule has 128 valence electrons. The van der Waals surface area contributed by atoms with Crippen LogP contribution in [-0.4, -0.2) is 11.8 Å². The number of benzene rings is 3. The first-order valence-electron chi connectivity index (χ1n) is 8.08. The van der Waals surface area contributed by atoms with Gasteiger partial charge in [-0.15, -0.1) is 0 Å². The van der Waals surface area contributed by atoms with Crippen LogP contribution >= 0.6 is 0 Å². The quantitative estimate of drug-likeness (QED) is 0.550. The monoisotopic (exact) mass is 342 g/mol. The van der Waals surface area contributed by atoms with Crippen LogP contribution in [0.25, 0.3) is 11.1 Å². The molecule has 4 heteroatoms. The topological polar surface area (TPSA) is 69.2 Å². The van der Waals surface area contributed by atoms with Crippen molar-refractivity contribution in [2.24, 2.45) is 0 Å². The van der Waals surface area contributed by atoms with Gasteiger partial charge in [-0.2, -0.15) is 0 Å². The predicted molar refractivity (Wildman–Crippen MR) is 99.7 cm³/mol. The van der Waals surface area contributed by atoms with Crippen molar-refractivity contribution in [2.45, 2.75) is 0 Å². The Bertz CT molecular complexity index is 927. The third kappa shape index (κ3) is 4.24. The van der Waals surface area contributed by atoms with Crippen molar-refractivity contribution in [1.29, 1.82) is 0 Å². The molecule has 0 atom stereocenters. The van der Waals surface area contributed by atoms with E-state index in [9.17, 15) is 14.7 Å². The van der Waals surface area contributed by atoms with Crippen LogP contribution in [0.1, 0.15) is 20.7 Å². The minimum atomic E-state index is -1.22. The third-order valence-electron chi connectivity index (χ3n) is 3.88.